The fourth-order valence-corrected chi connectivity index (χ4v) is 2.28. The summed E-state index contributed by atoms with van der Waals surface area (Å²) in [5, 5.41) is 0. The summed E-state index contributed by atoms with van der Waals surface area (Å²) >= 11 is 5.71. The number of alkyl halides is 1. The molecule has 2 heteroatoms. The fourth-order valence-electron chi connectivity index (χ4n) is 2.01. The second kappa shape index (κ2) is 5.82. The second-order valence-electron chi connectivity index (χ2n) is 3.81. The highest BCUT2D eigenvalue weighted by Gasteiger charge is 2.15. The molecule has 12 heavy (non-hydrogen) atoms. The third kappa shape index (κ3) is 3.32. The maximum absolute atomic E-state index is 5.71. The Morgan fingerprint density at radius 2 is 1.75 bits per heavy atom. The lowest BCUT2D eigenvalue weighted by atomic mass is 10.1. The van der Waals surface area contributed by atoms with E-state index in [9.17, 15) is 0 Å². The van der Waals surface area contributed by atoms with Crippen molar-refractivity contribution in [3.63, 3.8) is 0 Å². The molecule has 0 aromatic heterocycles. The third-order valence-corrected chi connectivity index (χ3v) is 3.05. The van der Waals surface area contributed by atoms with E-state index in [2.05, 4.69) is 11.9 Å². The minimum absolute atomic E-state index is 0.771. The van der Waals surface area contributed by atoms with Crippen LogP contribution in [0, 0.1) is 0 Å². The van der Waals surface area contributed by atoms with Gasteiger partial charge in [0, 0.05) is 18.5 Å². The lowest BCUT2D eigenvalue weighted by molar-refractivity contribution is 0.233. The van der Waals surface area contributed by atoms with E-state index >= 15 is 0 Å². The molecule has 1 rings (SSSR count). The number of rotatable bonds is 3. The summed E-state index contributed by atoms with van der Waals surface area (Å²) in [6, 6.07) is 0.811. The van der Waals surface area contributed by atoms with E-state index in [1.165, 1.54) is 38.5 Å². The predicted octanol–water partition coefficient (Wildman–Crippen LogP) is 2.88. The average molecular weight is 190 g/mol. The Morgan fingerprint density at radius 3 is 2.25 bits per heavy atom. The molecular formula is C10H20ClN. The van der Waals surface area contributed by atoms with Crippen molar-refractivity contribution in [3.8, 4) is 0 Å². The molecule has 1 saturated carbocycles. The first-order chi connectivity index (χ1) is 5.84. The summed E-state index contributed by atoms with van der Waals surface area (Å²) in [6.07, 6.45) is 8.46. The zero-order valence-electron chi connectivity index (χ0n) is 8.06. The lowest BCUT2D eigenvalue weighted by Gasteiger charge is -2.25. The predicted molar refractivity (Wildman–Crippen MR) is 54.8 cm³/mol. The van der Waals surface area contributed by atoms with E-state index in [0.29, 0.717) is 0 Å². The Kier molecular flexibility index (Phi) is 5.01. The van der Waals surface area contributed by atoms with Gasteiger partial charge in [-0.15, -0.1) is 11.6 Å². The van der Waals surface area contributed by atoms with Gasteiger partial charge < -0.3 is 4.90 Å². The molecule has 0 aromatic carbocycles. The van der Waals surface area contributed by atoms with Gasteiger partial charge in [0.2, 0.25) is 0 Å². The standard InChI is InChI=1S/C10H20ClN/c1-12(9-8-11)10-6-4-2-3-5-7-10/h10H,2-9H2,1H3. The topological polar surface area (TPSA) is 3.24 Å². The Balaban J connectivity index is 2.27. The van der Waals surface area contributed by atoms with Crippen LogP contribution in [0.1, 0.15) is 38.5 Å². The molecule has 0 aromatic rings. The van der Waals surface area contributed by atoms with E-state index in [-0.39, 0.29) is 0 Å². The molecule has 0 saturated heterocycles. The fraction of sp³-hybridized carbons (Fsp3) is 1.00. The van der Waals surface area contributed by atoms with Crippen molar-refractivity contribution >= 4 is 11.6 Å². The molecule has 0 heterocycles. The smallest absolute Gasteiger partial charge is 0.0351 e. The monoisotopic (exact) mass is 189 g/mol. The number of hydrogen-bond donors (Lipinski definition) is 0. The molecule has 0 spiro atoms. The van der Waals surface area contributed by atoms with E-state index in [1.54, 1.807) is 0 Å². The molecule has 0 aliphatic heterocycles. The minimum atomic E-state index is 0.771. The van der Waals surface area contributed by atoms with Crippen LogP contribution >= 0.6 is 11.6 Å². The van der Waals surface area contributed by atoms with Crippen molar-refractivity contribution in [3.05, 3.63) is 0 Å². The molecule has 72 valence electrons. The van der Waals surface area contributed by atoms with E-state index < -0.39 is 0 Å². The molecule has 0 atom stereocenters. The first-order valence-electron chi connectivity index (χ1n) is 5.11. The van der Waals surface area contributed by atoms with Crippen LogP contribution in [-0.4, -0.2) is 30.4 Å². The quantitative estimate of drug-likeness (QED) is 0.488. The Bertz CT molecular complexity index is 108. The van der Waals surface area contributed by atoms with Crippen LogP contribution in [0.5, 0.6) is 0 Å². The maximum atomic E-state index is 5.71. The molecule has 0 amide bonds. The van der Waals surface area contributed by atoms with Gasteiger partial charge >= 0.3 is 0 Å². The van der Waals surface area contributed by atoms with E-state index in [1.807, 2.05) is 0 Å². The van der Waals surface area contributed by atoms with Gasteiger partial charge in [-0.1, -0.05) is 25.7 Å². The largest absolute Gasteiger partial charge is 0.302 e. The third-order valence-electron chi connectivity index (χ3n) is 2.89. The summed E-state index contributed by atoms with van der Waals surface area (Å²) in [7, 11) is 2.21. The van der Waals surface area contributed by atoms with Crippen molar-refractivity contribution in [2.75, 3.05) is 19.5 Å². The molecule has 0 bridgehead atoms. The van der Waals surface area contributed by atoms with Gasteiger partial charge in [0.05, 0.1) is 0 Å². The van der Waals surface area contributed by atoms with Crippen LogP contribution in [0.2, 0.25) is 0 Å². The maximum Gasteiger partial charge on any atom is 0.0351 e. The molecule has 1 fully saturated rings. The van der Waals surface area contributed by atoms with Crippen molar-refractivity contribution < 1.29 is 0 Å². The van der Waals surface area contributed by atoms with Gasteiger partial charge in [0.1, 0.15) is 0 Å². The number of hydrogen-bond acceptors (Lipinski definition) is 1. The van der Waals surface area contributed by atoms with Gasteiger partial charge in [-0.25, -0.2) is 0 Å². The van der Waals surface area contributed by atoms with Crippen molar-refractivity contribution in [1.29, 1.82) is 0 Å². The summed E-state index contributed by atoms with van der Waals surface area (Å²) in [4.78, 5) is 2.43. The highest BCUT2D eigenvalue weighted by Crippen LogP contribution is 2.20. The van der Waals surface area contributed by atoms with Crippen LogP contribution in [0.25, 0.3) is 0 Å². The Hall–Kier alpha value is 0.250. The van der Waals surface area contributed by atoms with Gasteiger partial charge in [0.25, 0.3) is 0 Å². The normalized spacial score (nSPS) is 21.2. The van der Waals surface area contributed by atoms with Crippen LogP contribution in [0.15, 0.2) is 0 Å². The van der Waals surface area contributed by atoms with Crippen LogP contribution in [0.3, 0.4) is 0 Å². The molecule has 1 nitrogen and oxygen atoms in total. The number of nitrogens with zero attached hydrogens (tertiary/aromatic N) is 1. The summed E-state index contributed by atoms with van der Waals surface area (Å²) in [5.41, 5.74) is 0. The average Bonchev–Trinajstić information content (AvgIpc) is 2.32. The Morgan fingerprint density at radius 1 is 1.17 bits per heavy atom. The van der Waals surface area contributed by atoms with Crippen LogP contribution in [0.4, 0.5) is 0 Å². The summed E-state index contributed by atoms with van der Waals surface area (Å²) < 4.78 is 0. The minimum Gasteiger partial charge on any atom is -0.302 e. The summed E-state index contributed by atoms with van der Waals surface area (Å²) in [5.74, 6) is 0.771. The van der Waals surface area contributed by atoms with E-state index in [0.717, 1.165) is 18.5 Å². The second-order valence-corrected chi connectivity index (χ2v) is 4.19. The van der Waals surface area contributed by atoms with Gasteiger partial charge in [-0.05, 0) is 19.9 Å². The zero-order valence-corrected chi connectivity index (χ0v) is 8.82. The van der Waals surface area contributed by atoms with Gasteiger partial charge in [-0.2, -0.15) is 0 Å². The zero-order chi connectivity index (χ0) is 8.81. The van der Waals surface area contributed by atoms with Crippen molar-refractivity contribution in [2.24, 2.45) is 0 Å². The molecule has 0 radical (unpaired) electrons. The van der Waals surface area contributed by atoms with Crippen LogP contribution < -0.4 is 0 Å². The Labute approximate surface area is 81.1 Å². The van der Waals surface area contributed by atoms with Gasteiger partial charge in [-0.3, -0.25) is 0 Å². The lowest BCUT2D eigenvalue weighted by Crippen LogP contribution is -2.32. The molecule has 1 aliphatic carbocycles. The highest BCUT2D eigenvalue weighted by atomic mass is 35.5. The van der Waals surface area contributed by atoms with Crippen molar-refractivity contribution in [2.45, 2.75) is 44.6 Å². The highest BCUT2D eigenvalue weighted by molar-refractivity contribution is 6.18. The number of halogens is 1. The first kappa shape index (κ1) is 10.3. The molecule has 0 N–H and O–H groups in total. The molecule has 0 unspecified atom stereocenters. The molecular weight excluding hydrogens is 170 g/mol. The van der Waals surface area contributed by atoms with Gasteiger partial charge in [0.15, 0.2) is 0 Å². The van der Waals surface area contributed by atoms with Crippen LogP contribution in [-0.2, 0) is 0 Å². The SMILES string of the molecule is CN(CCCl)C1CCCCCC1. The summed E-state index contributed by atoms with van der Waals surface area (Å²) in [6.45, 7) is 1.05. The first-order valence-corrected chi connectivity index (χ1v) is 5.64. The molecule has 1 aliphatic rings. The van der Waals surface area contributed by atoms with E-state index in [4.69, 9.17) is 11.6 Å². The van der Waals surface area contributed by atoms with Crippen molar-refractivity contribution in [1.82, 2.24) is 4.90 Å².